The molecule has 5 nitrogen and oxygen atoms in total. The molecule has 0 amide bonds. The van der Waals surface area contributed by atoms with Crippen LogP contribution in [0.3, 0.4) is 0 Å². The average Bonchev–Trinajstić information content (AvgIpc) is 3.29. The zero-order valence-corrected chi connectivity index (χ0v) is 13.5. The summed E-state index contributed by atoms with van der Waals surface area (Å²) < 4.78 is 11.1. The third kappa shape index (κ3) is 5.93. The van der Waals surface area contributed by atoms with Crippen molar-refractivity contribution in [3.63, 3.8) is 0 Å². The smallest absolute Gasteiger partial charge is 0.324 e. The monoisotopic (exact) mass is 298 g/mol. The van der Waals surface area contributed by atoms with Crippen LogP contribution >= 0.6 is 0 Å². The molecule has 2 fully saturated rings. The predicted molar refractivity (Wildman–Crippen MR) is 82.3 cm³/mol. The van der Waals surface area contributed by atoms with Gasteiger partial charge < -0.3 is 14.8 Å². The number of piperidine rings is 1. The van der Waals surface area contributed by atoms with E-state index in [1.807, 2.05) is 6.92 Å². The van der Waals surface area contributed by atoms with Crippen molar-refractivity contribution in [2.45, 2.75) is 64.1 Å². The maximum Gasteiger partial charge on any atom is 0.324 e. The fraction of sp³-hybridized carbons (Fsp3) is 0.938. The van der Waals surface area contributed by atoms with Gasteiger partial charge >= 0.3 is 5.97 Å². The van der Waals surface area contributed by atoms with Crippen molar-refractivity contribution in [2.75, 3.05) is 32.8 Å². The number of hydrogen-bond donors (Lipinski definition) is 1. The van der Waals surface area contributed by atoms with Gasteiger partial charge in [0.2, 0.25) is 0 Å². The molecule has 1 N–H and O–H groups in total. The zero-order valence-electron chi connectivity index (χ0n) is 13.5. The molecular weight excluding hydrogens is 268 g/mol. The lowest BCUT2D eigenvalue weighted by Crippen LogP contribution is -2.51. The number of rotatable bonds is 9. The molecule has 1 saturated carbocycles. The SMILES string of the molecule is CCCOC1CCCN(CC(NC2CC2)C(=O)OCC)C1. The van der Waals surface area contributed by atoms with Crippen molar-refractivity contribution < 1.29 is 14.3 Å². The standard InChI is InChI=1S/C16H30N2O3/c1-3-10-21-14-6-5-9-18(11-14)12-15(16(19)20-4-2)17-13-7-8-13/h13-15,17H,3-12H2,1-2H3. The van der Waals surface area contributed by atoms with Crippen LogP contribution in [0.2, 0.25) is 0 Å². The molecule has 0 radical (unpaired) electrons. The number of likely N-dealkylation sites (tertiary alicyclic amines) is 1. The van der Waals surface area contributed by atoms with Crippen molar-refractivity contribution in [3.05, 3.63) is 0 Å². The van der Waals surface area contributed by atoms with Gasteiger partial charge in [-0.25, -0.2) is 0 Å². The van der Waals surface area contributed by atoms with Crippen molar-refractivity contribution in [3.8, 4) is 0 Å². The molecule has 2 unspecified atom stereocenters. The van der Waals surface area contributed by atoms with Crippen molar-refractivity contribution in [1.29, 1.82) is 0 Å². The van der Waals surface area contributed by atoms with E-state index < -0.39 is 0 Å². The van der Waals surface area contributed by atoms with Crippen LogP contribution in [0.1, 0.15) is 46.0 Å². The summed E-state index contributed by atoms with van der Waals surface area (Å²) in [6.45, 7) is 8.00. The van der Waals surface area contributed by atoms with E-state index in [9.17, 15) is 4.79 Å². The van der Waals surface area contributed by atoms with E-state index in [1.54, 1.807) is 0 Å². The largest absolute Gasteiger partial charge is 0.465 e. The van der Waals surface area contributed by atoms with Crippen molar-refractivity contribution >= 4 is 5.97 Å². The fourth-order valence-corrected chi connectivity index (χ4v) is 2.83. The maximum atomic E-state index is 12.1. The van der Waals surface area contributed by atoms with Gasteiger partial charge in [-0.05, 0) is 45.6 Å². The van der Waals surface area contributed by atoms with E-state index in [0.717, 1.165) is 45.5 Å². The summed E-state index contributed by atoms with van der Waals surface area (Å²) in [5, 5.41) is 3.42. The Morgan fingerprint density at radius 1 is 1.33 bits per heavy atom. The quantitative estimate of drug-likeness (QED) is 0.655. The summed E-state index contributed by atoms with van der Waals surface area (Å²) >= 11 is 0. The molecule has 2 aliphatic rings. The molecule has 21 heavy (non-hydrogen) atoms. The summed E-state index contributed by atoms with van der Waals surface area (Å²) in [6.07, 6.45) is 6.02. The minimum atomic E-state index is -0.192. The Kier molecular flexibility index (Phi) is 6.93. The first-order chi connectivity index (χ1) is 10.2. The van der Waals surface area contributed by atoms with Gasteiger partial charge in [-0.1, -0.05) is 6.92 Å². The first-order valence-electron chi connectivity index (χ1n) is 8.49. The number of hydrogen-bond acceptors (Lipinski definition) is 5. The Hall–Kier alpha value is -0.650. The Labute approximate surface area is 128 Å². The molecule has 122 valence electrons. The summed E-state index contributed by atoms with van der Waals surface area (Å²) in [5.74, 6) is -0.110. The van der Waals surface area contributed by atoms with Crippen LogP contribution in [0.15, 0.2) is 0 Å². The molecule has 5 heteroatoms. The van der Waals surface area contributed by atoms with Crippen molar-refractivity contribution in [2.24, 2.45) is 0 Å². The Morgan fingerprint density at radius 3 is 2.81 bits per heavy atom. The molecule has 1 saturated heterocycles. The van der Waals surface area contributed by atoms with Crippen LogP contribution in [0.5, 0.6) is 0 Å². The van der Waals surface area contributed by atoms with Gasteiger partial charge in [0.05, 0.1) is 12.7 Å². The summed E-state index contributed by atoms with van der Waals surface area (Å²) in [6, 6.07) is 0.318. The van der Waals surface area contributed by atoms with Crippen molar-refractivity contribution in [1.82, 2.24) is 10.2 Å². The van der Waals surface area contributed by atoms with Crippen LogP contribution in [-0.2, 0) is 14.3 Å². The fourth-order valence-electron chi connectivity index (χ4n) is 2.83. The molecular formula is C16H30N2O3. The first kappa shape index (κ1) is 16.7. The summed E-state index contributed by atoms with van der Waals surface area (Å²) in [5.41, 5.74) is 0. The highest BCUT2D eigenvalue weighted by molar-refractivity contribution is 5.76. The van der Waals surface area contributed by atoms with E-state index in [0.29, 0.717) is 18.8 Å². The van der Waals surface area contributed by atoms with E-state index in [4.69, 9.17) is 9.47 Å². The second-order valence-corrected chi connectivity index (χ2v) is 6.14. The van der Waals surface area contributed by atoms with E-state index in [-0.39, 0.29) is 12.0 Å². The summed E-state index contributed by atoms with van der Waals surface area (Å²) in [4.78, 5) is 14.4. The molecule has 0 aromatic carbocycles. The molecule has 0 aromatic rings. The number of carbonyl (C=O) groups is 1. The number of nitrogens with zero attached hydrogens (tertiary/aromatic N) is 1. The molecule has 0 bridgehead atoms. The third-order valence-electron chi connectivity index (χ3n) is 4.05. The van der Waals surface area contributed by atoms with Crippen LogP contribution in [0.25, 0.3) is 0 Å². The van der Waals surface area contributed by atoms with Gasteiger partial charge in [0.15, 0.2) is 0 Å². The van der Waals surface area contributed by atoms with Gasteiger partial charge in [-0.2, -0.15) is 0 Å². The lowest BCUT2D eigenvalue weighted by Gasteiger charge is -2.34. The van der Waals surface area contributed by atoms with Gasteiger partial charge in [-0.15, -0.1) is 0 Å². The Morgan fingerprint density at radius 2 is 2.14 bits per heavy atom. The van der Waals surface area contributed by atoms with E-state index in [1.165, 1.54) is 12.8 Å². The second kappa shape index (κ2) is 8.71. The first-order valence-corrected chi connectivity index (χ1v) is 8.49. The molecule has 1 aliphatic carbocycles. The van der Waals surface area contributed by atoms with E-state index in [2.05, 4.69) is 17.1 Å². The number of carbonyl (C=O) groups excluding carboxylic acids is 1. The minimum absolute atomic E-state index is 0.110. The Bertz CT molecular complexity index is 321. The van der Waals surface area contributed by atoms with Crippen LogP contribution in [-0.4, -0.2) is 61.9 Å². The normalized spacial score (nSPS) is 24.8. The lowest BCUT2D eigenvalue weighted by molar-refractivity contribution is -0.146. The summed E-state index contributed by atoms with van der Waals surface area (Å²) in [7, 11) is 0. The Balaban J connectivity index is 1.81. The molecule has 2 atom stereocenters. The highest BCUT2D eigenvalue weighted by atomic mass is 16.5. The lowest BCUT2D eigenvalue weighted by atomic mass is 10.1. The molecule has 1 aliphatic heterocycles. The highest BCUT2D eigenvalue weighted by Gasteiger charge is 2.32. The van der Waals surface area contributed by atoms with Gasteiger partial charge in [-0.3, -0.25) is 9.69 Å². The topological polar surface area (TPSA) is 50.8 Å². The average molecular weight is 298 g/mol. The number of nitrogens with one attached hydrogen (secondary N) is 1. The van der Waals surface area contributed by atoms with Crippen LogP contribution in [0, 0.1) is 0 Å². The van der Waals surface area contributed by atoms with Gasteiger partial charge in [0.25, 0.3) is 0 Å². The minimum Gasteiger partial charge on any atom is -0.465 e. The zero-order chi connectivity index (χ0) is 15.1. The van der Waals surface area contributed by atoms with Gasteiger partial charge in [0, 0.05) is 25.7 Å². The maximum absolute atomic E-state index is 12.1. The van der Waals surface area contributed by atoms with E-state index >= 15 is 0 Å². The van der Waals surface area contributed by atoms with Crippen LogP contribution in [0.4, 0.5) is 0 Å². The number of ether oxygens (including phenoxy) is 2. The van der Waals surface area contributed by atoms with Gasteiger partial charge in [0.1, 0.15) is 6.04 Å². The third-order valence-corrected chi connectivity index (χ3v) is 4.05. The molecule has 0 spiro atoms. The number of esters is 1. The second-order valence-electron chi connectivity index (χ2n) is 6.14. The molecule has 0 aromatic heterocycles. The molecule has 1 heterocycles. The highest BCUT2D eigenvalue weighted by Crippen LogP contribution is 2.20. The van der Waals surface area contributed by atoms with Crippen LogP contribution < -0.4 is 5.32 Å². The molecule has 2 rings (SSSR count). The predicted octanol–water partition coefficient (Wildman–Crippen LogP) is 1.56.